The van der Waals surface area contributed by atoms with Crippen molar-refractivity contribution in [2.45, 2.75) is 31.1 Å². The van der Waals surface area contributed by atoms with E-state index in [1.54, 1.807) is 10.4 Å². The molecule has 2 aliphatic heterocycles. The maximum Gasteiger partial charge on any atom is 0.244 e. The van der Waals surface area contributed by atoms with Crippen LogP contribution in [-0.4, -0.2) is 38.3 Å². The fourth-order valence-corrected chi connectivity index (χ4v) is 6.96. The summed E-state index contributed by atoms with van der Waals surface area (Å²) in [6.07, 6.45) is 2.02. The number of thiophene rings is 1. The smallest absolute Gasteiger partial charge is 0.244 e. The molecule has 1 spiro atoms. The van der Waals surface area contributed by atoms with E-state index < -0.39 is 10.0 Å². The Morgan fingerprint density at radius 3 is 2.52 bits per heavy atom. The third-order valence-electron chi connectivity index (χ3n) is 4.44. The van der Waals surface area contributed by atoms with Crippen LogP contribution in [0.3, 0.4) is 0 Å². The van der Waals surface area contributed by atoms with Crippen molar-refractivity contribution in [3.05, 3.63) is 14.7 Å². The number of piperidine rings is 1. The van der Waals surface area contributed by atoms with Gasteiger partial charge in [-0.25, -0.2) is 8.42 Å². The van der Waals surface area contributed by atoms with E-state index in [1.807, 2.05) is 6.92 Å². The number of carbonyl (C=O) groups excluding carboxylic acids is 1. The van der Waals surface area contributed by atoms with E-state index in [0.29, 0.717) is 31.0 Å². The Morgan fingerprint density at radius 2 is 2.05 bits per heavy atom. The lowest BCUT2D eigenvalue weighted by atomic mass is 9.78. The van der Waals surface area contributed by atoms with Crippen molar-refractivity contribution in [2.75, 3.05) is 19.6 Å². The van der Waals surface area contributed by atoms with E-state index in [0.717, 1.165) is 21.5 Å². The molecule has 1 amide bonds. The molecule has 2 saturated heterocycles. The summed E-state index contributed by atoms with van der Waals surface area (Å²) in [4.78, 5) is 12.6. The largest absolute Gasteiger partial charge is 0.356 e. The molecule has 0 aromatic carbocycles. The summed E-state index contributed by atoms with van der Waals surface area (Å²) in [6.45, 7) is 3.49. The van der Waals surface area contributed by atoms with E-state index in [4.69, 9.17) is 0 Å². The molecule has 3 rings (SSSR count). The summed E-state index contributed by atoms with van der Waals surface area (Å²) in [5.41, 5.74) is -0.0343. The molecule has 0 radical (unpaired) electrons. The Kier molecular flexibility index (Phi) is 3.92. The molecule has 21 heavy (non-hydrogen) atoms. The third kappa shape index (κ3) is 2.78. The zero-order chi connectivity index (χ0) is 15.3. The molecule has 1 N–H and O–H groups in total. The first-order chi connectivity index (χ1) is 9.82. The second kappa shape index (κ2) is 5.33. The standard InChI is InChI=1S/C13H17BrN2O3S2/c1-9-10(6-11(14)20-9)21(18,19)16-4-2-13(3-5-16)7-12(17)15-8-13/h6H,2-5,7-8H2,1H3,(H,15,17). The van der Waals surface area contributed by atoms with Crippen molar-refractivity contribution in [3.63, 3.8) is 0 Å². The average molecular weight is 393 g/mol. The topological polar surface area (TPSA) is 66.5 Å². The number of sulfonamides is 1. The van der Waals surface area contributed by atoms with E-state index in [2.05, 4.69) is 21.2 Å². The molecule has 116 valence electrons. The minimum atomic E-state index is -3.42. The van der Waals surface area contributed by atoms with Crippen molar-refractivity contribution in [2.24, 2.45) is 5.41 Å². The molecule has 0 atom stereocenters. The molecule has 8 heteroatoms. The maximum absolute atomic E-state index is 12.7. The zero-order valence-electron chi connectivity index (χ0n) is 11.7. The lowest BCUT2D eigenvalue weighted by Crippen LogP contribution is -2.43. The van der Waals surface area contributed by atoms with Gasteiger partial charge >= 0.3 is 0 Å². The predicted octanol–water partition coefficient (Wildman–Crippen LogP) is 2.11. The first kappa shape index (κ1) is 15.5. The molecule has 0 saturated carbocycles. The van der Waals surface area contributed by atoms with Gasteiger partial charge in [0.1, 0.15) is 0 Å². The summed E-state index contributed by atoms with van der Waals surface area (Å²) in [5, 5.41) is 2.87. The van der Waals surface area contributed by atoms with Crippen LogP contribution in [-0.2, 0) is 14.8 Å². The van der Waals surface area contributed by atoms with Gasteiger partial charge in [-0.05, 0) is 47.2 Å². The van der Waals surface area contributed by atoms with E-state index >= 15 is 0 Å². The van der Waals surface area contributed by atoms with Crippen LogP contribution in [0.5, 0.6) is 0 Å². The summed E-state index contributed by atoms with van der Waals surface area (Å²) >= 11 is 4.78. The van der Waals surface area contributed by atoms with Gasteiger partial charge in [0, 0.05) is 30.9 Å². The minimum absolute atomic E-state index is 0.0343. The number of amides is 1. The number of hydrogen-bond donors (Lipinski definition) is 1. The van der Waals surface area contributed by atoms with Gasteiger partial charge in [0.15, 0.2) is 0 Å². The summed E-state index contributed by atoms with van der Waals surface area (Å²) in [7, 11) is -3.42. The molecule has 1 aromatic rings. The van der Waals surface area contributed by atoms with E-state index in [9.17, 15) is 13.2 Å². The van der Waals surface area contributed by atoms with Gasteiger partial charge in [-0.1, -0.05) is 0 Å². The highest BCUT2D eigenvalue weighted by atomic mass is 79.9. The number of nitrogens with zero attached hydrogens (tertiary/aromatic N) is 1. The fraction of sp³-hybridized carbons (Fsp3) is 0.615. The van der Waals surface area contributed by atoms with E-state index in [1.165, 1.54) is 11.3 Å². The molecule has 0 bridgehead atoms. The van der Waals surface area contributed by atoms with Crippen molar-refractivity contribution in [3.8, 4) is 0 Å². The Morgan fingerprint density at radius 1 is 1.38 bits per heavy atom. The molecule has 0 aliphatic carbocycles. The first-order valence-corrected chi connectivity index (χ1v) is 9.90. The van der Waals surface area contributed by atoms with Crippen molar-refractivity contribution in [1.29, 1.82) is 0 Å². The van der Waals surface area contributed by atoms with Gasteiger partial charge in [0.05, 0.1) is 8.68 Å². The molecule has 3 heterocycles. The molecule has 1 aromatic heterocycles. The Bertz CT molecular complexity index is 676. The zero-order valence-corrected chi connectivity index (χ0v) is 14.9. The van der Waals surface area contributed by atoms with Gasteiger partial charge in [0.2, 0.25) is 15.9 Å². The highest BCUT2D eigenvalue weighted by molar-refractivity contribution is 9.11. The maximum atomic E-state index is 12.7. The summed E-state index contributed by atoms with van der Waals surface area (Å²) in [5.74, 6) is 0.0870. The second-order valence-electron chi connectivity index (χ2n) is 5.83. The fourth-order valence-electron chi connectivity index (χ4n) is 3.13. The van der Waals surface area contributed by atoms with Gasteiger partial charge in [0.25, 0.3) is 0 Å². The highest BCUT2D eigenvalue weighted by Crippen LogP contribution is 2.40. The molecule has 5 nitrogen and oxygen atoms in total. The van der Waals surface area contributed by atoms with Crippen LogP contribution in [0.2, 0.25) is 0 Å². The minimum Gasteiger partial charge on any atom is -0.356 e. The van der Waals surface area contributed by atoms with Crippen LogP contribution < -0.4 is 5.32 Å². The Labute approximate surface area is 136 Å². The number of nitrogens with one attached hydrogen (secondary N) is 1. The Balaban J connectivity index is 1.77. The monoisotopic (exact) mass is 392 g/mol. The highest BCUT2D eigenvalue weighted by Gasteiger charge is 2.43. The van der Waals surface area contributed by atoms with Crippen LogP contribution in [0.25, 0.3) is 0 Å². The SMILES string of the molecule is Cc1sc(Br)cc1S(=O)(=O)N1CCC2(CC1)CNC(=O)C2. The van der Waals surface area contributed by atoms with Crippen LogP contribution >= 0.6 is 27.3 Å². The van der Waals surface area contributed by atoms with E-state index in [-0.39, 0.29) is 11.3 Å². The number of halogens is 1. The Hall–Kier alpha value is -0.440. The van der Waals surface area contributed by atoms with Crippen molar-refractivity contribution in [1.82, 2.24) is 9.62 Å². The molecule has 2 aliphatic rings. The first-order valence-electron chi connectivity index (χ1n) is 6.85. The molecular formula is C13H17BrN2O3S2. The number of carbonyl (C=O) groups is 1. The predicted molar refractivity (Wildman–Crippen MR) is 84.8 cm³/mol. The lowest BCUT2D eigenvalue weighted by Gasteiger charge is -2.37. The molecule has 0 unspecified atom stereocenters. The normalized spacial score (nSPS) is 22.7. The van der Waals surface area contributed by atoms with Gasteiger partial charge in [-0.2, -0.15) is 4.31 Å². The van der Waals surface area contributed by atoms with Crippen LogP contribution in [0, 0.1) is 12.3 Å². The van der Waals surface area contributed by atoms with Gasteiger partial charge < -0.3 is 5.32 Å². The number of hydrogen-bond acceptors (Lipinski definition) is 4. The van der Waals surface area contributed by atoms with Crippen molar-refractivity contribution < 1.29 is 13.2 Å². The summed E-state index contributed by atoms with van der Waals surface area (Å²) in [6, 6.07) is 1.68. The van der Waals surface area contributed by atoms with Crippen molar-refractivity contribution >= 4 is 43.2 Å². The average Bonchev–Trinajstić information content (AvgIpc) is 2.94. The quantitative estimate of drug-likeness (QED) is 0.837. The summed E-state index contributed by atoms with van der Waals surface area (Å²) < 4.78 is 27.8. The van der Waals surface area contributed by atoms with Crippen LogP contribution in [0.1, 0.15) is 24.1 Å². The van der Waals surface area contributed by atoms with Crippen LogP contribution in [0.15, 0.2) is 14.7 Å². The second-order valence-corrected chi connectivity index (χ2v) is 10.4. The molecule has 2 fully saturated rings. The third-order valence-corrected chi connectivity index (χ3v) is 8.15. The van der Waals surface area contributed by atoms with Crippen LogP contribution in [0.4, 0.5) is 0 Å². The number of rotatable bonds is 2. The molecular weight excluding hydrogens is 376 g/mol. The van der Waals surface area contributed by atoms with Gasteiger partial charge in [-0.15, -0.1) is 11.3 Å². The number of aryl methyl sites for hydroxylation is 1. The lowest BCUT2D eigenvalue weighted by molar-refractivity contribution is -0.119. The van der Waals surface area contributed by atoms with Gasteiger partial charge in [-0.3, -0.25) is 4.79 Å².